The Bertz CT molecular complexity index is 465. The third kappa shape index (κ3) is 3.87. The lowest BCUT2D eigenvalue weighted by molar-refractivity contribution is 0.0966. The zero-order valence-electron chi connectivity index (χ0n) is 13.5. The van der Waals surface area contributed by atoms with E-state index < -0.39 is 0 Å². The predicted octanol–water partition coefficient (Wildman–Crippen LogP) is 1.30. The normalized spacial score (nSPS) is 21.5. The van der Waals surface area contributed by atoms with Crippen molar-refractivity contribution < 1.29 is 9.84 Å². The van der Waals surface area contributed by atoms with Gasteiger partial charge in [0.25, 0.3) is 0 Å². The van der Waals surface area contributed by atoms with Gasteiger partial charge >= 0.3 is 0 Å². The van der Waals surface area contributed by atoms with Crippen LogP contribution in [0.5, 0.6) is 11.5 Å². The van der Waals surface area contributed by atoms with Crippen molar-refractivity contribution in [3.8, 4) is 11.5 Å². The summed E-state index contributed by atoms with van der Waals surface area (Å²) in [6, 6.07) is 6.47. The summed E-state index contributed by atoms with van der Waals surface area (Å²) in [5.74, 6) is 0.734. The molecule has 0 radical (unpaired) electrons. The number of phenolic OH excluding ortho intramolecular Hbond substituents is 1. The molecule has 1 aliphatic heterocycles. The summed E-state index contributed by atoms with van der Waals surface area (Å²) in [7, 11) is 5.78. The van der Waals surface area contributed by atoms with Crippen LogP contribution in [0.4, 0.5) is 0 Å². The number of nitrogens with zero attached hydrogens (tertiary/aromatic N) is 2. The second kappa shape index (κ2) is 7.11. The Hall–Kier alpha value is -1.30. The molecule has 1 saturated heterocycles. The van der Waals surface area contributed by atoms with Crippen LogP contribution in [-0.2, 0) is 0 Å². The van der Waals surface area contributed by atoms with Gasteiger partial charge in [0, 0.05) is 38.3 Å². The van der Waals surface area contributed by atoms with E-state index in [1.54, 1.807) is 13.2 Å². The van der Waals surface area contributed by atoms with E-state index in [0.717, 1.165) is 26.2 Å². The molecule has 2 N–H and O–H groups in total. The van der Waals surface area contributed by atoms with Gasteiger partial charge in [-0.05, 0) is 38.7 Å². The first kappa shape index (κ1) is 16.1. The highest BCUT2D eigenvalue weighted by Gasteiger charge is 2.28. The zero-order chi connectivity index (χ0) is 15.4. The van der Waals surface area contributed by atoms with E-state index in [-0.39, 0.29) is 5.75 Å². The van der Waals surface area contributed by atoms with Crippen molar-refractivity contribution in [1.29, 1.82) is 0 Å². The first-order valence-electron chi connectivity index (χ1n) is 7.51. The first-order chi connectivity index (χ1) is 10.0. The Morgan fingerprint density at radius 1 is 1.48 bits per heavy atom. The van der Waals surface area contributed by atoms with Crippen molar-refractivity contribution in [3.63, 3.8) is 0 Å². The maximum atomic E-state index is 9.80. The summed E-state index contributed by atoms with van der Waals surface area (Å²) in [4.78, 5) is 4.74. The molecule has 21 heavy (non-hydrogen) atoms. The SMILES string of the molecule is COc1cc(C(CN(C)C)N2CCNCC2C)ccc1O. The molecule has 1 heterocycles. The molecule has 0 spiro atoms. The van der Waals surface area contributed by atoms with Crippen molar-refractivity contribution in [3.05, 3.63) is 23.8 Å². The molecule has 0 bridgehead atoms. The average molecular weight is 293 g/mol. The van der Waals surface area contributed by atoms with Crippen LogP contribution >= 0.6 is 0 Å². The predicted molar refractivity (Wildman–Crippen MR) is 85.0 cm³/mol. The maximum Gasteiger partial charge on any atom is 0.160 e. The molecule has 118 valence electrons. The van der Waals surface area contributed by atoms with Crippen molar-refractivity contribution in [2.24, 2.45) is 0 Å². The van der Waals surface area contributed by atoms with E-state index in [4.69, 9.17) is 4.74 Å². The number of phenols is 1. The zero-order valence-corrected chi connectivity index (χ0v) is 13.5. The monoisotopic (exact) mass is 293 g/mol. The Labute approximate surface area is 127 Å². The summed E-state index contributed by atoms with van der Waals surface area (Å²) in [6.07, 6.45) is 0. The fraction of sp³-hybridized carbons (Fsp3) is 0.625. The lowest BCUT2D eigenvalue weighted by atomic mass is 10.0. The van der Waals surface area contributed by atoms with Crippen LogP contribution in [0.15, 0.2) is 18.2 Å². The van der Waals surface area contributed by atoms with Gasteiger partial charge in [-0.1, -0.05) is 6.07 Å². The molecular weight excluding hydrogens is 266 g/mol. The number of piperazine rings is 1. The van der Waals surface area contributed by atoms with Crippen LogP contribution in [0.2, 0.25) is 0 Å². The first-order valence-corrected chi connectivity index (χ1v) is 7.51. The highest BCUT2D eigenvalue weighted by Crippen LogP contribution is 2.32. The number of benzene rings is 1. The van der Waals surface area contributed by atoms with E-state index in [0.29, 0.717) is 17.8 Å². The van der Waals surface area contributed by atoms with Gasteiger partial charge in [-0.25, -0.2) is 0 Å². The number of likely N-dealkylation sites (N-methyl/N-ethyl adjacent to an activating group) is 1. The summed E-state index contributed by atoms with van der Waals surface area (Å²) < 4.78 is 5.26. The van der Waals surface area contributed by atoms with Gasteiger partial charge in [0.15, 0.2) is 11.5 Å². The molecule has 1 aromatic rings. The van der Waals surface area contributed by atoms with Crippen molar-refractivity contribution >= 4 is 0 Å². The molecule has 0 aliphatic carbocycles. The number of hydrogen-bond acceptors (Lipinski definition) is 5. The van der Waals surface area contributed by atoms with E-state index in [1.807, 2.05) is 12.1 Å². The van der Waals surface area contributed by atoms with E-state index in [2.05, 4.69) is 36.1 Å². The van der Waals surface area contributed by atoms with Crippen molar-refractivity contribution in [2.75, 3.05) is 47.4 Å². The Morgan fingerprint density at radius 2 is 2.24 bits per heavy atom. The molecule has 2 atom stereocenters. The van der Waals surface area contributed by atoms with Gasteiger partial charge in [-0.3, -0.25) is 4.90 Å². The third-order valence-electron chi connectivity index (χ3n) is 4.08. The lowest BCUT2D eigenvalue weighted by Crippen LogP contribution is -2.52. The Morgan fingerprint density at radius 3 is 2.86 bits per heavy atom. The van der Waals surface area contributed by atoms with Gasteiger partial charge in [-0.15, -0.1) is 0 Å². The van der Waals surface area contributed by atoms with Crippen LogP contribution < -0.4 is 10.1 Å². The van der Waals surface area contributed by atoms with Crippen LogP contribution in [0.1, 0.15) is 18.5 Å². The van der Waals surface area contributed by atoms with Gasteiger partial charge in [0.1, 0.15) is 0 Å². The second-order valence-electron chi connectivity index (χ2n) is 6.00. The fourth-order valence-corrected chi connectivity index (χ4v) is 2.97. The molecule has 1 aromatic carbocycles. The fourth-order valence-electron chi connectivity index (χ4n) is 2.97. The Kier molecular flexibility index (Phi) is 5.45. The lowest BCUT2D eigenvalue weighted by Gasteiger charge is -2.41. The molecule has 0 amide bonds. The molecule has 0 saturated carbocycles. The Balaban J connectivity index is 2.30. The van der Waals surface area contributed by atoms with Crippen LogP contribution in [0.3, 0.4) is 0 Å². The topological polar surface area (TPSA) is 48.0 Å². The van der Waals surface area contributed by atoms with Crippen molar-refractivity contribution in [2.45, 2.75) is 19.0 Å². The molecule has 0 aromatic heterocycles. The number of aromatic hydroxyl groups is 1. The highest BCUT2D eigenvalue weighted by molar-refractivity contribution is 5.42. The van der Waals surface area contributed by atoms with Gasteiger partial charge in [0.05, 0.1) is 7.11 Å². The second-order valence-corrected chi connectivity index (χ2v) is 6.00. The van der Waals surface area contributed by atoms with Crippen LogP contribution in [-0.4, -0.2) is 68.3 Å². The average Bonchev–Trinajstić information content (AvgIpc) is 2.46. The number of methoxy groups -OCH3 is 1. The molecule has 2 unspecified atom stereocenters. The standard InChI is InChI=1S/C16H27N3O2/c1-12-10-17-7-8-19(12)14(11-18(2)3)13-5-6-15(20)16(9-13)21-4/h5-6,9,12,14,17,20H,7-8,10-11H2,1-4H3. The number of nitrogens with one attached hydrogen (secondary N) is 1. The highest BCUT2D eigenvalue weighted by atomic mass is 16.5. The molecule has 1 aliphatic rings. The van der Waals surface area contributed by atoms with Crippen molar-refractivity contribution in [1.82, 2.24) is 15.1 Å². The summed E-state index contributed by atoms with van der Waals surface area (Å²) >= 11 is 0. The van der Waals surface area contributed by atoms with E-state index in [1.165, 1.54) is 5.56 Å². The van der Waals surface area contributed by atoms with Crippen LogP contribution in [0, 0.1) is 0 Å². The maximum absolute atomic E-state index is 9.80. The molecule has 1 fully saturated rings. The van der Waals surface area contributed by atoms with Gasteiger partial charge in [-0.2, -0.15) is 0 Å². The summed E-state index contributed by atoms with van der Waals surface area (Å²) in [5.41, 5.74) is 1.19. The molecule has 5 nitrogen and oxygen atoms in total. The smallest absolute Gasteiger partial charge is 0.160 e. The summed E-state index contributed by atoms with van der Waals surface area (Å²) in [5, 5.41) is 13.2. The largest absolute Gasteiger partial charge is 0.504 e. The van der Waals surface area contributed by atoms with E-state index >= 15 is 0 Å². The number of hydrogen-bond donors (Lipinski definition) is 2. The molecule has 5 heteroatoms. The van der Waals surface area contributed by atoms with E-state index in [9.17, 15) is 5.11 Å². The minimum absolute atomic E-state index is 0.193. The molecular formula is C16H27N3O2. The van der Waals surface area contributed by atoms with Gasteiger partial charge < -0.3 is 20.1 Å². The quantitative estimate of drug-likeness (QED) is 0.857. The van der Waals surface area contributed by atoms with Gasteiger partial charge in [0.2, 0.25) is 0 Å². The molecule has 2 rings (SSSR count). The number of ether oxygens (including phenoxy) is 1. The third-order valence-corrected chi connectivity index (χ3v) is 4.08. The summed E-state index contributed by atoms with van der Waals surface area (Å²) in [6.45, 7) is 6.26. The number of rotatable bonds is 5. The minimum atomic E-state index is 0.193. The minimum Gasteiger partial charge on any atom is -0.504 e. The van der Waals surface area contributed by atoms with Crippen LogP contribution in [0.25, 0.3) is 0 Å².